The molecule has 0 aromatic carbocycles. The number of hydrogen-bond acceptors (Lipinski definition) is 2. The molecule has 2 N–H and O–H groups in total. The molecule has 8 heteroatoms. The van der Waals surface area contributed by atoms with Gasteiger partial charge in [-0.2, -0.15) is 13.2 Å². The lowest BCUT2D eigenvalue weighted by molar-refractivity contribution is -0.137. The van der Waals surface area contributed by atoms with Gasteiger partial charge in [0.05, 0.1) is 27.0 Å². The predicted molar refractivity (Wildman–Crippen MR) is 79.8 cm³/mol. The molecule has 0 aliphatic carbocycles. The third-order valence-corrected chi connectivity index (χ3v) is 3.44. The lowest BCUT2D eigenvalue weighted by atomic mass is 10.1. The monoisotopic (exact) mass is 335 g/mol. The minimum Gasteiger partial charge on any atom is -0.393 e. The molecule has 2 aromatic rings. The van der Waals surface area contributed by atoms with Gasteiger partial charge < -0.3 is 10.1 Å². The van der Waals surface area contributed by atoms with Crippen LogP contribution in [0, 0.1) is 0 Å². The maximum absolute atomic E-state index is 12.9. The highest BCUT2D eigenvalue weighted by molar-refractivity contribution is 7.80. The highest BCUT2D eigenvalue weighted by Crippen LogP contribution is 2.34. The van der Waals surface area contributed by atoms with E-state index >= 15 is 0 Å². The Morgan fingerprint density at radius 1 is 1.48 bits per heavy atom. The zero-order valence-electron chi connectivity index (χ0n) is 11.3. The van der Waals surface area contributed by atoms with E-state index in [0.29, 0.717) is 11.4 Å². The average Bonchev–Trinajstić information content (AvgIpc) is 2.67. The second kappa shape index (κ2) is 5.46. The first-order valence-electron chi connectivity index (χ1n) is 6.17. The maximum atomic E-state index is 12.9. The Bertz CT molecular complexity index is 707. The lowest BCUT2D eigenvalue weighted by Crippen LogP contribution is -2.15. The number of imidazole rings is 1. The summed E-state index contributed by atoms with van der Waals surface area (Å²) in [4.78, 5) is 4.52. The fourth-order valence-electron chi connectivity index (χ4n) is 2.13. The predicted octanol–water partition coefficient (Wildman–Crippen LogP) is 3.96. The summed E-state index contributed by atoms with van der Waals surface area (Å²) in [6.07, 6.45) is -3.34. The number of thiocarbonyl (C=S) groups is 1. The number of nitrogens with zero attached hydrogens (tertiary/aromatic N) is 2. The van der Waals surface area contributed by atoms with E-state index in [9.17, 15) is 13.2 Å². The molecule has 0 spiro atoms. The minimum atomic E-state index is -4.49. The summed E-state index contributed by atoms with van der Waals surface area (Å²) >= 11 is 10.8. The van der Waals surface area contributed by atoms with Crippen LogP contribution in [0.25, 0.3) is 5.65 Å². The van der Waals surface area contributed by atoms with Crippen LogP contribution in [0.4, 0.5) is 13.2 Å². The Morgan fingerprint density at radius 2 is 2.10 bits per heavy atom. The first kappa shape index (κ1) is 16.0. The van der Waals surface area contributed by atoms with Crippen LogP contribution in [-0.2, 0) is 12.6 Å². The number of pyridine rings is 1. The van der Waals surface area contributed by atoms with Crippen LogP contribution >= 0.6 is 23.8 Å². The summed E-state index contributed by atoms with van der Waals surface area (Å²) < 4.78 is 40.1. The van der Waals surface area contributed by atoms with E-state index in [1.807, 2.05) is 13.8 Å². The largest absolute Gasteiger partial charge is 0.417 e. The van der Waals surface area contributed by atoms with Gasteiger partial charge in [-0.3, -0.25) is 0 Å². The molecule has 2 heterocycles. The van der Waals surface area contributed by atoms with E-state index in [0.717, 1.165) is 12.3 Å². The van der Waals surface area contributed by atoms with Crippen molar-refractivity contribution in [1.29, 1.82) is 0 Å². The third kappa shape index (κ3) is 3.13. The van der Waals surface area contributed by atoms with Crippen molar-refractivity contribution in [2.24, 2.45) is 5.73 Å². The van der Waals surface area contributed by atoms with Crippen molar-refractivity contribution in [2.75, 3.05) is 0 Å². The van der Waals surface area contributed by atoms with Crippen LogP contribution in [0.15, 0.2) is 12.3 Å². The molecule has 0 saturated carbocycles. The Labute approximate surface area is 129 Å². The summed E-state index contributed by atoms with van der Waals surface area (Å²) in [7, 11) is 0. The Balaban J connectivity index is 2.79. The molecule has 0 aliphatic rings. The van der Waals surface area contributed by atoms with Crippen molar-refractivity contribution in [2.45, 2.75) is 32.4 Å². The van der Waals surface area contributed by atoms with Crippen LogP contribution in [0.2, 0.25) is 5.02 Å². The molecule has 0 fully saturated rings. The lowest BCUT2D eigenvalue weighted by Gasteiger charge is -2.10. The quantitative estimate of drug-likeness (QED) is 0.863. The number of fused-ring (bicyclic) bond motifs is 1. The van der Waals surface area contributed by atoms with Gasteiger partial charge in [-0.05, 0) is 12.0 Å². The molecule has 0 radical (unpaired) electrons. The van der Waals surface area contributed by atoms with Crippen LogP contribution in [0.1, 0.15) is 36.7 Å². The van der Waals surface area contributed by atoms with Gasteiger partial charge in [0.1, 0.15) is 0 Å². The molecule has 3 nitrogen and oxygen atoms in total. The zero-order chi connectivity index (χ0) is 15.9. The first-order valence-corrected chi connectivity index (χ1v) is 6.95. The van der Waals surface area contributed by atoms with E-state index in [4.69, 9.17) is 29.6 Å². The second-order valence-electron chi connectivity index (χ2n) is 5.01. The van der Waals surface area contributed by atoms with Gasteiger partial charge in [-0.25, -0.2) is 4.98 Å². The topological polar surface area (TPSA) is 43.3 Å². The number of nitrogens with two attached hydrogens (primary N) is 1. The molecule has 0 aliphatic heterocycles. The van der Waals surface area contributed by atoms with Crippen molar-refractivity contribution in [3.05, 3.63) is 34.2 Å². The molecule has 2 rings (SSSR count). The Morgan fingerprint density at radius 3 is 2.57 bits per heavy atom. The third-order valence-electron chi connectivity index (χ3n) is 3.02. The number of halogens is 4. The van der Waals surface area contributed by atoms with Gasteiger partial charge in [0.25, 0.3) is 0 Å². The fourth-order valence-corrected chi connectivity index (χ4v) is 2.51. The van der Waals surface area contributed by atoms with E-state index < -0.39 is 11.7 Å². The van der Waals surface area contributed by atoms with Gasteiger partial charge in [-0.1, -0.05) is 37.7 Å². The molecule has 0 unspecified atom stereocenters. The molecule has 0 saturated heterocycles. The number of alkyl halides is 3. The number of rotatable bonds is 3. The van der Waals surface area contributed by atoms with Gasteiger partial charge >= 0.3 is 6.18 Å². The van der Waals surface area contributed by atoms with Crippen molar-refractivity contribution in [3.63, 3.8) is 0 Å². The number of aromatic nitrogens is 2. The van der Waals surface area contributed by atoms with Gasteiger partial charge in [0.2, 0.25) is 0 Å². The summed E-state index contributed by atoms with van der Waals surface area (Å²) in [6, 6.07) is 0.874. The first-order chi connectivity index (χ1) is 9.61. The van der Waals surface area contributed by atoms with Gasteiger partial charge in [0.15, 0.2) is 5.65 Å². The number of hydrogen-bond donors (Lipinski definition) is 1. The SMILES string of the molecule is CC(C)c1nc2c(Cl)cc(C(F)(F)F)cn2c1CC(N)=S. The average molecular weight is 336 g/mol. The summed E-state index contributed by atoms with van der Waals surface area (Å²) in [6.45, 7) is 3.78. The molecule has 0 bridgehead atoms. The van der Waals surface area contributed by atoms with E-state index in [1.54, 1.807) is 0 Å². The standard InChI is InChI=1S/C13H13ClF3N3S/c1-6(2)11-9(4-10(18)21)20-5-7(13(15,16)17)3-8(14)12(20)19-11/h3,5-6H,4H2,1-2H3,(H2,18,21). The molecule has 0 amide bonds. The van der Waals surface area contributed by atoms with E-state index in [2.05, 4.69) is 4.98 Å². The van der Waals surface area contributed by atoms with Crippen LogP contribution in [-0.4, -0.2) is 14.4 Å². The Hall–Kier alpha value is -1.34. The normalized spacial score (nSPS) is 12.3. The maximum Gasteiger partial charge on any atom is 0.417 e. The fraction of sp³-hybridized carbons (Fsp3) is 0.385. The zero-order valence-corrected chi connectivity index (χ0v) is 12.9. The molecular formula is C13H13ClF3N3S. The minimum absolute atomic E-state index is 0.0136. The molecule has 2 aromatic heterocycles. The highest BCUT2D eigenvalue weighted by atomic mass is 35.5. The highest BCUT2D eigenvalue weighted by Gasteiger charge is 2.32. The Kier molecular flexibility index (Phi) is 4.17. The van der Waals surface area contributed by atoms with Crippen LogP contribution in [0.3, 0.4) is 0 Å². The van der Waals surface area contributed by atoms with Crippen LogP contribution < -0.4 is 5.73 Å². The van der Waals surface area contributed by atoms with Gasteiger partial charge in [-0.15, -0.1) is 0 Å². The summed E-state index contributed by atoms with van der Waals surface area (Å²) in [5, 5.41) is -0.0547. The second-order valence-corrected chi connectivity index (χ2v) is 5.94. The molecule has 0 atom stereocenters. The summed E-state index contributed by atoms with van der Waals surface area (Å²) in [5.41, 5.74) is 6.17. The van der Waals surface area contributed by atoms with Gasteiger partial charge in [0, 0.05) is 12.6 Å². The van der Waals surface area contributed by atoms with Crippen molar-refractivity contribution < 1.29 is 13.2 Å². The molecule has 114 valence electrons. The summed E-state index contributed by atoms with van der Waals surface area (Å²) in [5.74, 6) is 0.0136. The van der Waals surface area contributed by atoms with E-state index in [-0.39, 0.29) is 28.0 Å². The smallest absolute Gasteiger partial charge is 0.393 e. The van der Waals surface area contributed by atoms with E-state index in [1.165, 1.54) is 4.40 Å². The molecular weight excluding hydrogens is 323 g/mol. The van der Waals surface area contributed by atoms with Crippen molar-refractivity contribution in [1.82, 2.24) is 9.38 Å². The van der Waals surface area contributed by atoms with Crippen LogP contribution in [0.5, 0.6) is 0 Å². The van der Waals surface area contributed by atoms with Crippen molar-refractivity contribution in [3.8, 4) is 0 Å². The molecule has 21 heavy (non-hydrogen) atoms. The van der Waals surface area contributed by atoms with Crippen molar-refractivity contribution >= 4 is 34.5 Å².